The van der Waals surface area contributed by atoms with Gasteiger partial charge in [-0.2, -0.15) is 0 Å². The molecular formula is C27H27N3O3. The van der Waals surface area contributed by atoms with E-state index in [9.17, 15) is 14.7 Å². The highest BCUT2D eigenvalue weighted by molar-refractivity contribution is 5.98. The molecule has 1 aromatic heterocycles. The van der Waals surface area contributed by atoms with E-state index in [4.69, 9.17) is 5.73 Å². The van der Waals surface area contributed by atoms with Gasteiger partial charge in [-0.1, -0.05) is 66.7 Å². The Morgan fingerprint density at radius 3 is 2.33 bits per heavy atom. The van der Waals surface area contributed by atoms with Gasteiger partial charge in [-0.15, -0.1) is 0 Å². The lowest BCUT2D eigenvalue weighted by atomic mass is 9.85. The van der Waals surface area contributed by atoms with Crippen molar-refractivity contribution in [1.29, 1.82) is 0 Å². The molecule has 4 aromatic rings. The van der Waals surface area contributed by atoms with Gasteiger partial charge in [0.2, 0.25) is 0 Å². The molecule has 6 nitrogen and oxygen atoms in total. The molecule has 0 aliphatic rings. The van der Waals surface area contributed by atoms with Crippen LogP contribution in [0.25, 0.3) is 21.7 Å². The largest absolute Gasteiger partial charge is 0.479 e. The number of rotatable bonds is 9. The summed E-state index contributed by atoms with van der Waals surface area (Å²) in [5, 5.41) is 16.1. The van der Waals surface area contributed by atoms with Gasteiger partial charge in [-0.25, -0.2) is 9.78 Å². The average Bonchev–Trinajstić information content (AvgIpc) is 2.83. The SMILES string of the molecule is NCCCCC(Cc1ccc2ccccc2c1)(NC(=O)c1ccc2ccccc2n1)C(=O)O. The monoisotopic (exact) mass is 441 g/mol. The van der Waals surface area contributed by atoms with Crippen LogP contribution in [0.3, 0.4) is 0 Å². The van der Waals surface area contributed by atoms with Crippen molar-refractivity contribution in [3.05, 3.63) is 90.1 Å². The summed E-state index contributed by atoms with van der Waals surface area (Å²) in [5.41, 5.74) is 5.90. The van der Waals surface area contributed by atoms with Gasteiger partial charge in [0.15, 0.2) is 0 Å². The normalized spacial score (nSPS) is 13.0. The number of fused-ring (bicyclic) bond motifs is 2. The molecule has 1 atom stereocenters. The second kappa shape index (κ2) is 9.79. The van der Waals surface area contributed by atoms with Crippen LogP contribution >= 0.6 is 0 Å². The van der Waals surface area contributed by atoms with Crippen LogP contribution in [0.15, 0.2) is 78.9 Å². The van der Waals surface area contributed by atoms with Crippen LogP contribution in [0.5, 0.6) is 0 Å². The van der Waals surface area contributed by atoms with Crippen molar-refractivity contribution < 1.29 is 14.7 Å². The van der Waals surface area contributed by atoms with Crippen molar-refractivity contribution in [2.75, 3.05) is 6.54 Å². The molecule has 1 unspecified atom stereocenters. The average molecular weight is 442 g/mol. The Hall–Kier alpha value is -3.77. The zero-order chi connectivity index (χ0) is 23.3. The minimum atomic E-state index is -1.47. The first-order chi connectivity index (χ1) is 16.0. The number of nitrogens with two attached hydrogens (primary N) is 1. The van der Waals surface area contributed by atoms with Crippen molar-refractivity contribution >= 4 is 33.6 Å². The van der Waals surface area contributed by atoms with E-state index in [1.165, 1.54) is 0 Å². The Morgan fingerprint density at radius 1 is 0.879 bits per heavy atom. The molecule has 168 valence electrons. The summed E-state index contributed by atoms with van der Waals surface area (Å²) in [6.45, 7) is 0.464. The number of aliphatic carboxylic acids is 1. The summed E-state index contributed by atoms with van der Waals surface area (Å²) in [7, 11) is 0. The van der Waals surface area contributed by atoms with Crippen LogP contribution in [0, 0.1) is 0 Å². The highest BCUT2D eigenvalue weighted by Crippen LogP contribution is 2.25. The number of benzene rings is 3. The fourth-order valence-electron chi connectivity index (χ4n) is 4.17. The molecular weight excluding hydrogens is 414 g/mol. The number of hydrogen-bond acceptors (Lipinski definition) is 4. The van der Waals surface area contributed by atoms with Crippen LogP contribution in [0.1, 0.15) is 35.3 Å². The number of para-hydroxylation sites is 1. The summed E-state index contributed by atoms with van der Waals surface area (Å²) >= 11 is 0. The van der Waals surface area contributed by atoms with Crippen LogP contribution < -0.4 is 11.1 Å². The number of aromatic nitrogens is 1. The zero-order valence-electron chi connectivity index (χ0n) is 18.3. The standard InChI is InChI=1S/C27H27N3O3/c28-16-6-5-15-27(26(32)33,18-19-11-12-20-7-1-2-9-22(20)17-19)30-25(31)24-14-13-21-8-3-4-10-23(21)29-24/h1-4,7-14,17H,5-6,15-16,18,28H2,(H,30,31)(H,32,33). The predicted molar refractivity (Wildman–Crippen MR) is 130 cm³/mol. The number of nitrogens with zero attached hydrogens (tertiary/aromatic N) is 1. The molecule has 0 aliphatic heterocycles. The van der Waals surface area contributed by atoms with Crippen molar-refractivity contribution in [2.45, 2.75) is 31.2 Å². The van der Waals surface area contributed by atoms with Crippen molar-refractivity contribution in [1.82, 2.24) is 10.3 Å². The summed E-state index contributed by atoms with van der Waals surface area (Å²) in [6.07, 6.45) is 1.70. The maximum Gasteiger partial charge on any atom is 0.329 e. The molecule has 0 radical (unpaired) electrons. The van der Waals surface area contributed by atoms with E-state index in [1.54, 1.807) is 6.07 Å². The lowest BCUT2D eigenvalue weighted by Crippen LogP contribution is -2.56. The number of pyridine rings is 1. The van der Waals surface area contributed by atoms with E-state index >= 15 is 0 Å². The molecule has 33 heavy (non-hydrogen) atoms. The first-order valence-corrected chi connectivity index (χ1v) is 11.1. The molecule has 0 fully saturated rings. The number of carbonyl (C=O) groups excluding carboxylic acids is 1. The van der Waals surface area contributed by atoms with Gasteiger partial charge in [-0.05, 0) is 54.3 Å². The predicted octanol–water partition coefficient (Wildman–Crippen LogP) is 4.31. The van der Waals surface area contributed by atoms with E-state index in [2.05, 4.69) is 10.3 Å². The van der Waals surface area contributed by atoms with Gasteiger partial charge >= 0.3 is 5.97 Å². The van der Waals surface area contributed by atoms with E-state index < -0.39 is 17.4 Å². The van der Waals surface area contributed by atoms with Crippen LogP contribution in [0.4, 0.5) is 0 Å². The third-order valence-electron chi connectivity index (χ3n) is 5.97. The Kier molecular flexibility index (Phi) is 6.66. The quantitative estimate of drug-likeness (QED) is 0.336. The lowest BCUT2D eigenvalue weighted by Gasteiger charge is -2.31. The summed E-state index contributed by atoms with van der Waals surface area (Å²) in [5.74, 6) is -1.57. The van der Waals surface area contributed by atoms with Gasteiger partial charge in [0, 0.05) is 11.8 Å². The molecule has 0 saturated heterocycles. The van der Waals surface area contributed by atoms with E-state index in [0.717, 1.165) is 21.7 Å². The molecule has 4 rings (SSSR count). The van der Waals surface area contributed by atoms with Crippen molar-refractivity contribution in [3.8, 4) is 0 Å². The maximum absolute atomic E-state index is 13.2. The molecule has 0 saturated carbocycles. The highest BCUT2D eigenvalue weighted by Gasteiger charge is 2.40. The van der Waals surface area contributed by atoms with E-state index in [1.807, 2.05) is 72.8 Å². The number of hydrogen-bond donors (Lipinski definition) is 3. The second-order valence-corrected chi connectivity index (χ2v) is 8.33. The van der Waals surface area contributed by atoms with Crippen LogP contribution in [-0.2, 0) is 11.2 Å². The smallest absolute Gasteiger partial charge is 0.329 e. The third-order valence-corrected chi connectivity index (χ3v) is 5.97. The fourth-order valence-corrected chi connectivity index (χ4v) is 4.17. The first-order valence-electron chi connectivity index (χ1n) is 11.1. The molecule has 6 heteroatoms. The molecule has 3 aromatic carbocycles. The molecule has 1 heterocycles. The number of unbranched alkanes of at least 4 members (excludes halogenated alkanes) is 1. The van der Waals surface area contributed by atoms with E-state index in [-0.39, 0.29) is 18.5 Å². The topological polar surface area (TPSA) is 105 Å². The second-order valence-electron chi connectivity index (χ2n) is 8.33. The van der Waals surface area contributed by atoms with Crippen molar-refractivity contribution in [3.63, 3.8) is 0 Å². The lowest BCUT2D eigenvalue weighted by molar-refractivity contribution is -0.144. The van der Waals surface area contributed by atoms with Crippen LogP contribution in [0.2, 0.25) is 0 Å². The molecule has 4 N–H and O–H groups in total. The fraction of sp³-hybridized carbons (Fsp3) is 0.222. The van der Waals surface area contributed by atoms with Gasteiger partial charge in [0.1, 0.15) is 11.2 Å². The van der Waals surface area contributed by atoms with Crippen molar-refractivity contribution in [2.24, 2.45) is 5.73 Å². The Labute approximate surface area is 192 Å². The number of amides is 1. The number of carboxylic acid groups (broad SMARTS) is 1. The maximum atomic E-state index is 13.2. The van der Waals surface area contributed by atoms with Gasteiger partial charge in [-0.3, -0.25) is 4.79 Å². The Balaban J connectivity index is 1.67. The molecule has 1 amide bonds. The Bertz CT molecular complexity index is 1300. The van der Waals surface area contributed by atoms with Gasteiger partial charge in [0.05, 0.1) is 5.52 Å². The molecule has 0 bridgehead atoms. The summed E-state index contributed by atoms with van der Waals surface area (Å²) in [4.78, 5) is 30.2. The summed E-state index contributed by atoms with van der Waals surface area (Å²) in [6, 6.07) is 24.7. The van der Waals surface area contributed by atoms with Gasteiger partial charge in [0.25, 0.3) is 5.91 Å². The summed E-state index contributed by atoms with van der Waals surface area (Å²) < 4.78 is 0. The van der Waals surface area contributed by atoms with Gasteiger partial charge < -0.3 is 16.2 Å². The minimum Gasteiger partial charge on any atom is -0.479 e. The van der Waals surface area contributed by atoms with E-state index in [0.29, 0.717) is 24.9 Å². The Morgan fingerprint density at radius 2 is 1.58 bits per heavy atom. The molecule has 0 aliphatic carbocycles. The molecule has 0 spiro atoms. The highest BCUT2D eigenvalue weighted by atomic mass is 16.4. The number of carboxylic acids is 1. The zero-order valence-corrected chi connectivity index (χ0v) is 18.3. The number of carbonyl (C=O) groups is 2. The third kappa shape index (κ3) is 5.02. The number of nitrogens with one attached hydrogen (secondary N) is 1. The first kappa shape index (κ1) is 22.4. The van der Waals surface area contributed by atoms with Crippen LogP contribution in [-0.4, -0.2) is 34.1 Å². The minimum absolute atomic E-state index is 0.164.